The highest BCUT2D eigenvalue weighted by Crippen LogP contribution is 2.36. The number of benzene rings is 1. The Kier molecular flexibility index (Phi) is 3.56. The lowest BCUT2D eigenvalue weighted by molar-refractivity contribution is 0.0906. The Labute approximate surface area is 118 Å². The van der Waals surface area contributed by atoms with Crippen molar-refractivity contribution in [2.45, 2.75) is 24.9 Å². The summed E-state index contributed by atoms with van der Waals surface area (Å²) in [5.74, 6) is -0.134. The average Bonchev–Trinajstić information content (AvgIpc) is 3.22. The summed E-state index contributed by atoms with van der Waals surface area (Å²) in [4.78, 5) is 12.4. The molecule has 104 valence electrons. The van der Waals surface area contributed by atoms with Gasteiger partial charge in [0.25, 0.3) is 5.91 Å². The van der Waals surface area contributed by atoms with E-state index in [0.29, 0.717) is 11.7 Å². The van der Waals surface area contributed by atoms with Crippen LogP contribution in [0.1, 0.15) is 41.0 Å². The van der Waals surface area contributed by atoms with Gasteiger partial charge in [-0.15, -0.1) is 0 Å². The number of carbonyl (C=O) groups excluding carboxylic acids is 1. The number of aliphatic hydroxyl groups is 1. The van der Waals surface area contributed by atoms with Gasteiger partial charge in [-0.25, -0.2) is 0 Å². The van der Waals surface area contributed by atoms with Crippen LogP contribution in [-0.4, -0.2) is 22.2 Å². The smallest absolute Gasteiger partial charge is 0.268 e. The average molecular weight is 270 g/mol. The Bertz CT molecular complexity index is 588. The number of amides is 1. The molecule has 0 spiro atoms. The third kappa shape index (κ3) is 2.60. The number of carbonyl (C=O) groups is 1. The number of rotatable bonds is 5. The number of hydrogen-bond acceptors (Lipinski definition) is 2. The molecular weight excluding hydrogens is 252 g/mol. The SMILES string of the molecule is O=C(N[C@@H](CO)c1ccccc1)c1cccn1C1CC1. The Morgan fingerprint density at radius 3 is 2.65 bits per heavy atom. The van der Waals surface area contributed by atoms with E-state index in [1.54, 1.807) is 0 Å². The van der Waals surface area contributed by atoms with E-state index in [4.69, 9.17) is 0 Å². The molecule has 0 unspecified atom stereocenters. The lowest BCUT2D eigenvalue weighted by Crippen LogP contribution is -2.32. The molecule has 1 heterocycles. The second-order valence-corrected chi connectivity index (χ2v) is 5.15. The zero-order valence-corrected chi connectivity index (χ0v) is 11.2. The minimum atomic E-state index is -0.369. The Hall–Kier alpha value is -2.07. The second kappa shape index (κ2) is 5.51. The molecule has 1 aliphatic carbocycles. The van der Waals surface area contributed by atoms with Crippen LogP contribution in [0.5, 0.6) is 0 Å². The first kappa shape index (κ1) is 12.9. The van der Waals surface area contributed by atoms with E-state index >= 15 is 0 Å². The van der Waals surface area contributed by atoms with Crippen LogP contribution < -0.4 is 5.32 Å². The predicted molar refractivity (Wildman–Crippen MR) is 76.4 cm³/mol. The van der Waals surface area contributed by atoms with Crippen molar-refractivity contribution < 1.29 is 9.90 Å². The van der Waals surface area contributed by atoms with E-state index in [1.807, 2.05) is 53.2 Å². The Morgan fingerprint density at radius 1 is 1.25 bits per heavy atom. The fourth-order valence-electron chi connectivity index (χ4n) is 2.41. The van der Waals surface area contributed by atoms with Crippen LogP contribution in [0.25, 0.3) is 0 Å². The van der Waals surface area contributed by atoms with E-state index in [-0.39, 0.29) is 18.6 Å². The van der Waals surface area contributed by atoms with Crippen LogP contribution in [0.2, 0.25) is 0 Å². The molecule has 2 N–H and O–H groups in total. The van der Waals surface area contributed by atoms with E-state index < -0.39 is 0 Å². The van der Waals surface area contributed by atoms with Crippen molar-refractivity contribution in [1.82, 2.24) is 9.88 Å². The van der Waals surface area contributed by atoms with Gasteiger partial charge in [-0.05, 0) is 30.5 Å². The summed E-state index contributed by atoms with van der Waals surface area (Å²) >= 11 is 0. The summed E-state index contributed by atoms with van der Waals surface area (Å²) in [6.45, 7) is -0.111. The second-order valence-electron chi connectivity index (χ2n) is 5.15. The molecule has 1 saturated carbocycles. The number of hydrogen-bond donors (Lipinski definition) is 2. The molecule has 0 aliphatic heterocycles. The molecule has 20 heavy (non-hydrogen) atoms. The fourth-order valence-corrected chi connectivity index (χ4v) is 2.41. The topological polar surface area (TPSA) is 54.3 Å². The maximum atomic E-state index is 12.4. The summed E-state index contributed by atoms with van der Waals surface area (Å²) in [5, 5.41) is 12.4. The molecule has 0 bridgehead atoms. The van der Waals surface area contributed by atoms with Crippen LogP contribution in [0.3, 0.4) is 0 Å². The summed E-state index contributed by atoms with van der Waals surface area (Å²) in [7, 11) is 0. The van der Waals surface area contributed by atoms with Crippen molar-refractivity contribution in [1.29, 1.82) is 0 Å². The van der Waals surface area contributed by atoms with Gasteiger partial charge in [-0.1, -0.05) is 30.3 Å². The monoisotopic (exact) mass is 270 g/mol. The quantitative estimate of drug-likeness (QED) is 0.875. The largest absolute Gasteiger partial charge is 0.394 e. The molecular formula is C16H18N2O2. The van der Waals surface area contributed by atoms with Gasteiger partial charge in [0.05, 0.1) is 12.6 Å². The number of aliphatic hydroxyl groups excluding tert-OH is 1. The van der Waals surface area contributed by atoms with Crippen molar-refractivity contribution in [3.8, 4) is 0 Å². The molecule has 1 amide bonds. The zero-order valence-electron chi connectivity index (χ0n) is 11.2. The summed E-state index contributed by atoms with van der Waals surface area (Å²) in [6.07, 6.45) is 4.22. The maximum absolute atomic E-state index is 12.4. The first-order valence-electron chi connectivity index (χ1n) is 6.93. The van der Waals surface area contributed by atoms with Gasteiger partial charge in [-0.3, -0.25) is 4.79 Å². The van der Waals surface area contributed by atoms with Gasteiger partial charge in [0.15, 0.2) is 0 Å². The van der Waals surface area contributed by atoms with Gasteiger partial charge in [0, 0.05) is 12.2 Å². The number of aromatic nitrogens is 1. The standard InChI is InChI=1S/C16H18N2O2/c19-11-14(12-5-2-1-3-6-12)17-16(20)15-7-4-10-18(15)13-8-9-13/h1-7,10,13-14,19H,8-9,11H2,(H,17,20)/t14-/m0/s1. The molecule has 1 atom stereocenters. The van der Waals surface area contributed by atoms with Crippen molar-refractivity contribution in [3.63, 3.8) is 0 Å². The maximum Gasteiger partial charge on any atom is 0.268 e. The highest BCUT2D eigenvalue weighted by atomic mass is 16.3. The minimum absolute atomic E-state index is 0.111. The molecule has 3 rings (SSSR count). The van der Waals surface area contributed by atoms with E-state index in [9.17, 15) is 9.90 Å². The third-order valence-corrected chi connectivity index (χ3v) is 3.64. The first-order chi connectivity index (χ1) is 9.79. The predicted octanol–water partition coefficient (Wildman–Crippen LogP) is 2.29. The van der Waals surface area contributed by atoms with Crippen LogP contribution >= 0.6 is 0 Å². The van der Waals surface area contributed by atoms with Crippen molar-refractivity contribution in [2.24, 2.45) is 0 Å². The molecule has 1 fully saturated rings. The van der Waals surface area contributed by atoms with Gasteiger partial charge in [-0.2, -0.15) is 0 Å². The van der Waals surface area contributed by atoms with Crippen molar-refractivity contribution in [2.75, 3.05) is 6.61 Å². The molecule has 4 heteroatoms. The third-order valence-electron chi connectivity index (χ3n) is 3.64. The van der Waals surface area contributed by atoms with Crippen LogP contribution in [0.4, 0.5) is 0 Å². The Balaban J connectivity index is 1.75. The lowest BCUT2D eigenvalue weighted by atomic mass is 10.1. The molecule has 4 nitrogen and oxygen atoms in total. The molecule has 0 radical (unpaired) electrons. The highest BCUT2D eigenvalue weighted by Gasteiger charge is 2.27. The molecule has 1 aromatic heterocycles. The first-order valence-corrected chi connectivity index (χ1v) is 6.93. The minimum Gasteiger partial charge on any atom is -0.394 e. The lowest BCUT2D eigenvalue weighted by Gasteiger charge is -2.17. The van der Waals surface area contributed by atoms with Gasteiger partial charge < -0.3 is 15.0 Å². The fraction of sp³-hybridized carbons (Fsp3) is 0.312. The molecule has 0 saturated heterocycles. The number of nitrogens with zero attached hydrogens (tertiary/aromatic N) is 1. The van der Waals surface area contributed by atoms with E-state index in [2.05, 4.69) is 5.32 Å². The Morgan fingerprint density at radius 2 is 2.00 bits per heavy atom. The van der Waals surface area contributed by atoms with Gasteiger partial charge in [0.1, 0.15) is 5.69 Å². The molecule has 1 aromatic carbocycles. The van der Waals surface area contributed by atoms with Crippen LogP contribution in [0, 0.1) is 0 Å². The van der Waals surface area contributed by atoms with Gasteiger partial charge in [0.2, 0.25) is 0 Å². The molecule has 1 aliphatic rings. The number of nitrogens with one attached hydrogen (secondary N) is 1. The van der Waals surface area contributed by atoms with Crippen LogP contribution in [0.15, 0.2) is 48.7 Å². The van der Waals surface area contributed by atoms with E-state index in [0.717, 1.165) is 18.4 Å². The van der Waals surface area contributed by atoms with Gasteiger partial charge >= 0.3 is 0 Å². The summed E-state index contributed by atoms with van der Waals surface area (Å²) in [5.41, 5.74) is 1.58. The summed E-state index contributed by atoms with van der Waals surface area (Å²) < 4.78 is 2.02. The van der Waals surface area contributed by atoms with Crippen LogP contribution in [-0.2, 0) is 0 Å². The molecule has 2 aromatic rings. The highest BCUT2D eigenvalue weighted by molar-refractivity contribution is 5.93. The summed E-state index contributed by atoms with van der Waals surface area (Å²) in [6, 6.07) is 13.3. The van der Waals surface area contributed by atoms with Crippen molar-refractivity contribution in [3.05, 3.63) is 59.9 Å². The van der Waals surface area contributed by atoms with E-state index in [1.165, 1.54) is 0 Å². The van der Waals surface area contributed by atoms with Crippen molar-refractivity contribution >= 4 is 5.91 Å². The normalized spacial score (nSPS) is 15.8. The zero-order chi connectivity index (χ0) is 13.9.